The van der Waals surface area contributed by atoms with Crippen LogP contribution >= 0.6 is 0 Å². The zero-order valence-electron chi connectivity index (χ0n) is 9.77. The Hall–Kier alpha value is -1.86. The van der Waals surface area contributed by atoms with E-state index in [9.17, 15) is 4.79 Å². The molecule has 17 heavy (non-hydrogen) atoms. The molecule has 0 aliphatic rings. The third-order valence-electron chi connectivity index (χ3n) is 2.39. The molecule has 4 nitrogen and oxygen atoms in total. The molecule has 0 atom stereocenters. The second-order valence-corrected chi connectivity index (χ2v) is 3.52. The Bertz CT molecular complexity index is 435. The van der Waals surface area contributed by atoms with Gasteiger partial charge < -0.3 is 9.84 Å². The van der Waals surface area contributed by atoms with Crippen LogP contribution in [0.4, 0.5) is 0 Å². The van der Waals surface area contributed by atoms with E-state index in [-0.39, 0.29) is 12.6 Å². The van der Waals surface area contributed by atoms with Crippen LogP contribution in [0.2, 0.25) is 0 Å². The van der Waals surface area contributed by atoms with E-state index in [0.717, 1.165) is 11.1 Å². The van der Waals surface area contributed by atoms with Crippen molar-refractivity contribution in [2.75, 3.05) is 6.61 Å². The molecular weight excluding hydrogens is 218 g/mol. The van der Waals surface area contributed by atoms with Crippen molar-refractivity contribution < 1.29 is 14.6 Å². The van der Waals surface area contributed by atoms with Crippen LogP contribution in [0, 0.1) is 11.3 Å². The molecule has 0 spiro atoms. The van der Waals surface area contributed by atoms with Gasteiger partial charge in [-0.05, 0) is 36.6 Å². The zero-order chi connectivity index (χ0) is 12.7. The number of esters is 1. The van der Waals surface area contributed by atoms with Gasteiger partial charge in [0, 0.05) is 6.42 Å². The minimum Gasteiger partial charge on any atom is -0.462 e. The van der Waals surface area contributed by atoms with Crippen LogP contribution < -0.4 is 0 Å². The first kappa shape index (κ1) is 13.2. The van der Waals surface area contributed by atoms with E-state index >= 15 is 0 Å². The predicted molar refractivity (Wildman–Crippen MR) is 62.3 cm³/mol. The van der Waals surface area contributed by atoms with Gasteiger partial charge in [-0.25, -0.2) is 4.79 Å². The van der Waals surface area contributed by atoms with Crippen LogP contribution in [-0.2, 0) is 17.8 Å². The standard InChI is InChI=1S/C13H15NO3/c1-2-17-13(16)11-5-6-12(9-15)10(8-11)4-3-7-14/h5-6,8,15H,2-4,9H2,1H3. The topological polar surface area (TPSA) is 70.3 Å². The fourth-order valence-corrected chi connectivity index (χ4v) is 1.54. The third-order valence-corrected chi connectivity index (χ3v) is 2.39. The van der Waals surface area contributed by atoms with Gasteiger partial charge in [0.05, 0.1) is 24.8 Å². The summed E-state index contributed by atoms with van der Waals surface area (Å²) in [4.78, 5) is 11.5. The summed E-state index contributed by atoms with van der Waals surface area (Å²) >= 11 is 0. The quantitative estimate of drug-likeness (QED) is 0.787. The molecule has 1 rings (SSSR count). The molecule has 4 heteroatoms. The maximum Gasteiger partial charge on any atom is 0.338 e. The highest BCUT2D eigenvalue weighted by Gasteiger charge is 2.09. The molecule has 0 unspecified atom stereocenters. The lowest BCUT2D eigenvalue weighted by Gasteiger charge is -2.08. The maximum absolute atomic E-state index is 11.5. The molecule has 1 N–H and O–H groups in total. The van der Waals surface area contributed by atoms with Crippen LogP contribution in [0.1, 0.15) is 34.8 Å². The van der Waals surface area contributed by atoms with Crippen LogP contribution in [0.3, 0.4) is 0 Å². The van der Waals surface area contributed by atoms with Crippen molar-refractivity contribution in [3.8, 4) is 6.07 Å². The number of carbonyl (C=O) groups excluding carboxylic acids is 1. The molecular formula is C13H15NO3. The summed E-state index contributed by atoms with van der Waals surface area (Å²) in [5, 5.41) is 17.7. The summed E-state index contributed by atoms with van der Waals surface area (Å²) in [5.41, 5.74) is 2.02. The Morgan fingerprint density at radius 2 is 2.24 bits per heavy atom. The van der Waals surface area contributed by atoms with Gasteiger partial charge in [0.1, 0.15) is 0 Å². The van der Waals surface area contributed by atoms with Crippen LogP contribution in [0.25, 0.3) is 0 Å². The Balaban J connectivity index is 2.96. The highest BCUT2D eigenvalue weighted by Crippen LogP contribution is 2.15. The fraction of sp³-hybridized carbons (Fsp3) is 0.385. The lowest BCUT2D eigenvalue weighted by Crippen LogP contribution is -2.06. The van der Waals surface area contributed by atoms with Gasteiger partial charge in [0.15, 0.2) is 0 Å². The maximum atomic E-state index is 11.5. The van der Waals surface area contributed by atoms with E-state index in [1.807, 2.05) is 6.07 Å². The van der Waals surface area contributed by atoms with Gasteiger partial charge in [-0.15, -0.1) is 0 Å². The molecule has 1 aromatic rings. The minimum atomic E-state index is -0.379. The Morgan fingerprint density at radius 1 is 1.47 bits per heavy atom. The monoisotopic (exact) mass is 233 g/mol. The van der Waals surface area contributed by atoms with E-state index in [4.69, 9.17) is 15.1 Å². The lowest BCUT2D eigenvalue weighted by atomic mass is 10.0. The predicted octanol–water partition coefficient (Wildman–Crippen LogP) is 1.81. The SMILES string of the molecule is CCOC(=O)c1ccc(CO)c(CCC#N)c1. The number of nitrogens with zero attached hydrogens (tertiary/aromatic N) is 1. The summed E-state index contributed by atoms with van der Waals surface area (Å²) in [7, 11) is 0. The smallest absolute Gasteiger partial charge is 0.338 e. The molecule has 0 aromatic heterocycles. The fourth-order valence-electron chi connectivity index (χ4n) is 1.54. The number of hydrogen-bond donors (Lipinski definition) is 1. The van der Waals surface area contributed by atoms with E-state index in [2.05, 4.69) is 0 Å². The number of hydrogen-bond acceptors (Lipinski definition) is 4. The van der Waals surface area contributed by atoms with Crippen molar-refractivity contribution in [1.82, 2.24) is 0 Å². The molecule has 0 aliphatic carbocycles. The van der Waals surface area contributed by atoms with Gasteiger partial charge in [-0.1, -0.05) is 6.07 Å². The zero-order valence-corrected chi connectivity index (χ0v) is 9.77. The van der Waals surface area contributed by atoms with Crippen LogP contribution in [0.5, 0.6) is 0 Å². The van der Waals surface area contributed by atoms with Crippen molar-refractivity contribution >= 4 is 5.97 Å². The first-order valence-electron chi connectivity index (χ1n) is 5.49. The highest BCUT2D eigenvalue weighted by molar-refractivity contribution is 5.89. The van der Waals surface area contributed by atoms with Crippen molar-refractivity contribution in [1.29, 1.82) is 5.26 Å². The Kier molecular flexibility index (Phi) is 5.18. The van der Waals surface area contributed by atoms with Crippen molar-refractivity contribution in [3.05, 3.63) is 34.9 Å². The van der Waals surface area contributed by atoms with Crippen molar-refractivity contribution in [2.24, 2.45) is 0 Å². The summed E-state index contributed by atoms with van der Waals surface area (Å²) < 4.78 is 4.89. The molecule has 0 bridgehead atoms. The van der Waals surface area contributed by atoms with Crippen LogP contribution in [-0.4, -0.2) is 17.7 Å². The average Bonchev–Trinajstić information content (AvgIpc) is 2.36. The largest absolute Gasteiger partial charge is 0.462 e. The summed E-state index contributed by atoms with van der Waals surface area (Å²) in [6.45, 7) is 1.98. The van der Waals surface area contributed by atoms with Crippen molar-refractivity contribution in [2.45, 2.75) is 26.4 Å². The normalized spacial score (nSPS) is 9.71. The Labute approximate surface area is 100 Å². The molecule has 0 saturated heterocycles. The molecule has 0 radical (unpaired) electrons. The number of nitriles is 1. The van der Waals surface area contributed by atoms with E-state index in [1.165, 1.54) is 0 Å². The minimum absolute atomic E-state index is 0.0934. The van der Waals surface area contributed by atoms with E-state index in [0.29, 0.717) is 25.0 Å². The molecule has 90 valence electrons. The van der Waals surface area contributed by atoms with E-state index < -0.39 is 0 Å². The van der Waals surface area contributed by atoms with Gasteiger partial charge in [-0.2, -0.15) is 5.26 Å². The number of carbonyl (C=O) groups is 1. The molecule has 0 saturated carbocycles. The number of aliphatic hydroxyl groups is 1. The highest BCUT2D eigenvalue weighted by atomic mass is 16.5. The lowest BCUT2D eigenvalue weighted by molar-refractivity contribution is 0.0526. The second-order valence-electron chi connectivity index (χ2n) is 3.52. The number of rotatable bonds is 5. The van der Waals surface area contributed by atoms with Gasteiger partial charge in [0.25, 0.3) is 0 Å². The number of ether oxygens (including phenoxy) is 1. The first-order chi connectivity index (χ1) is 8.22. The molecule has 0 amide bonds. The molecule has 0 heterocycles. The summed E-state index contributed by atoms with van der Waals surface area (Å²) in [5.74, 6) is -0.379. The molecule has 1 aromatic carbocycles. The first-order valence-corrected chi connectivity index (χ1v) is 5.49. The summed E-state index contributed by atoms with van der Waals surface area (Å²) in [6.07, 6.45) is 0.888. The van der Waals surface area contributed by atoms with E-state index in [1.54, 1.807) is 25.1 Å². The molecule has 0 fully saturated rings. The average molecular weight is 233 g/mol. The van der Waals surface area contributed by atoms with Crippen LogP contribution in [0.15, 0.2) is 18.2 Å². The summed E-state index contributed by atoms with van der Waals surface area (Å²) in [6, 6.07) is 7.04. The van der Waals surface area contributed by atoms with Gasteiger partial charge in [-0.3, -0.25) is 0 Å². The number of aliphatic hydroxyl groups excluding tert-OH is 1. The third kappa shape index (κ3) is 3.58. The van der Waals surface area contributed by atoms with Gasteiger partial charge in [0.2, 0.25) is 0 Å². The number of aryl methyl sites for hydroxylation is 1. The van der Waals surface area contributed by atoms with Gasteiger partial charge >= 0.3 is 5.97 Å². The molecule has 0 aliphatic heterocycles. The van der Waals surface area contributed by atoms with Crippen molar-refractivity contribution in [3.63, 3.8) is 0 Å². The second kappa shape index (κ2) is 6.66. The number of benzene rings is 1. The Morgan fingerprint density at radius 3 is 2.82 bits per heavy atom.